The number of benzene rings is 1. The molecule has 0 bridgehead atoms. The van der Waals surface area contributed by atoms with Crippen molar-refractivity contribution in [1.29, 1.82) is 0 Å². The van der Waals surface area contributed by atoms with Gasteiger partial charge in [-0.05, 0) is 31.5 Å². The van der Waals surface area contributed by atoms with E-state index in [4.69, 9.17) is 17.3 Å². The number of nitrogens with two attached hydrogens (primary N) is 1. The minimum absolute atomic E-state index is 0.0659. The molecule has 0 aromatic heterocycles. The largest absolute Gasteiger partial charge is 0.398 e. The first-order chi connectivity index (χ1) is 8.72. The van der Waals surface area contributed by atoms with Crippen molar-refractivity contribution < 1.29 is 12.6 Å². The van der Waals surface area contributed by atoms with Crippen molar-refractivity contribution in [2.75, 3.05) is 17.7 Å². The highest BCUT2D eigenvalue weighted by atomic mass is 35.5. The maximum absolute atomic E-state index is 12.1. The Morgan fingerprint density at radius 1 is 1.47 bits per heavy atom. The number of sulfonamides is 1. The first-order valence-corrected chi connectivity index (χ1v) is 9.18. The molecule has 2 unspecified atom stereocenters. The van der Waals surface area contributed by atoms with Crippen molar-refractivity contribution in [2.45, 2.75) is 24.3 Å². The van der Waals surface area contributed by atoms with Crippen molar-refractivity contribution >= 4 is 38.1 Å². The summed E-state index contributed by atoms with van der Waals surface area (Å²) in [6.45, 7) is 1.73. The van der Waals surface area contributed by atoms with Crippen LogP contribution in [-0.2, 0) is 20.8 Å². The summed E-state index contributed by atoms with van der Waals surface area (Å²) in [7, 11) is -4.57. The molecule has 0 saturated heterocycles. The zero-order chi connectivity index (χ0) is 14.6. The molecular weight excluding hydrogens is 308 g/mol. The SMILES string of the molecule is CC(CCS(C)=O)NS(=O)(=O)c1ccc(N)c(Cl)c1. The zero-order valence-corrected chi connectivity index (χ0v) is 13.1. The van der Waals surface area contributed by atoms with Crippen molar-refractivity contribution in [3.63, 3.8) is 0 Å². The smallest absolute Gasteiger partial charge is 0.240 e. The molecule has 0 aliphatic heterocycles. The number of nitrogens with one attached hydrogen (secondary N) is 1. The monoisotopic (exact) mass is 324 g/mol. The molecule has 0 radical (unpaired) electrons. The van der Waals surface area contributed by atoms with E-state index < -0.39 is 20.8 Å². The highest BCUT2D eigenvalue weighted by Crippen LogP contribution is 2.22. The van der Waals surface area contributed by atoms with E-state index in [0.29, 0.717) is 17.9 Å². The molecule has 108 valence electrons. The molecule has 0 aliphatic rings. The van der Waals surface area contributed by atoms with Gasteiger partial charge in [-0.25, -0.2) is 13.1 Å². The maximum atomic E-state index is 12.1. The molecule has 0 saturated carbocycles. The van der Waals surface area contributed by atoms with E-state index in [1.165, 1.54) is 18.2 Å². The van der Waals surface area contributed by atoms with Crippen LogP contribution in [0.15, 0.2) is 23.1 Å². The first-order valence-electron chi connectivity index (χ1n) is 5.60. The number of anilines is 1. The molecule has 2 atom stereocenters. The Morgan fingerprint density at radius 3 is 2.63 bits per heavy atom. The molecule has 19 heavy (non-hydrogen) atoms. The van der Waals surface area contributed by atoms with Crippen LogP contribution in [0.5, 0.6) is 0 Å². The lowest BCUT2D eigenvalue weighted by atomic mass is 10.3. The maximum Gasteiger partial charge on any atom is 0.240 e. The van der Waals surface area contributed by atoms with Gasteiger partial charge in [0.05, 0.1) is 15.6 Å². The summed E-state index contributed by atoms with van der Waals surface area (Å²) in [6, 6.07) is 3.85. The number of nitrogen functional groups attached to an aromatic ring is 1. The molecule has 5 nitrogen and oxygen atoms in total. The summed E-state index contributed by atoms with van der Waals surface area (Å²) in [5, 5.41) is 0.199. The van der Waals surface area contributed by atoms with E-state index in [1.54, 1.807) is 13.2 Å². The third-order valence-electron chi connectivity index (χ3n) is 2.48. The number of hydrogen-bond acceptors (Lipinski definition) is 4. The van der Waals surface area contributed by atoms with Crippen LogP contribution in [0.1, 0.15) is 13.3 Å². The lowest BCUT2D eigenvalue weighted by molar-refractivity contribution is 0.556. The van der Waals surface area contributed by atoms with Gasteiger partial charge in [0.15, 0.2) is 0 Å². The zero-order valence-electron chi connectivity index (χ0n) is 10.7. The molecule has 8 heteroatoms. The summed E-state index contributed by atoms with van der Waals surface area (Å²) in [6.07, 6.45) is 2.09. The summed E-state index contributed by atoms with van der Waals surface area (Å²) in [4.78, 5) is 0.0659. The van der Waals surface area contributed by atoms with E-state index >= 15 is 0 Å². The van der Waals surface area contributed by atoms with Gasteiger partial charge in [-0.2, -0.15) is 0 Å². The normalized spacial score (nSPS) is 15.1. The van der Waals surface area contributed by atoms with Gasteiger partial charge in [0.2, 0.25) is 10.0 Å². The van der Waals surface area contributed by atoms with Crippen LogP contribution >= 0.6 is 11.6 Å². The Kier molecular flexibility index (Phi) is 5.79. The molecule has 0 aliphatic carbocycles. The summed E-state index contributed by atoms with van der Waals surface area (Å²) in [5.41, 5.74) is 5.86. The molecular formula is C11H17ClN2O3S2. The van der Waals surface area contributed by atoms with Gasteiger partial charge in [0.1, 0.15) is 0 Å². The fourth-order valence-electron chi connectivity index (χ4n) is 1.41. The summed E-state index contributed by atoms with van der Waals surface area (Å²) in [5.74, 6) is 0.451. The van der Waals surface area contributed by atoms with Crippen LogP contribution in [0, 0.1) is 0 Å². The lowest BCUT2D eigenvalue weighted by Gasteiger charge is -2.14. The van der Waals surface area contributed by atoms with E-state index in [-0.39, 0.29) is 16.0 Å². The van der Waals surface area contributed by atoms with E-state index in [2.05, 4.69) is 4.72 Å². The number of hydrogen-bond donors (Lipinski definition) is 2. The lowest BCUT2D eigenvalue weighted by Crippen LogP contribution is -2.33. The van der Waals surface area contributed by atoms with Gasteiger partial charge >= 0.3 is 0 Å². The molecule has 0 fully saturated rings. The Bertz CT molecular complexity index is 575. The Morgan fingerprint density at radius 2 is 2.11 bits per heavy atom. The molecule has 1 rings (SSSR count). The Labute approximate surface area is 121 Å². The van der Waals surface area contributed by atoms with Gasteiger partial charge in [0.25, 0.3) is 0 Å². The third-order valence-corrected chi connectivity index (χ3v) is 5.20. The van der Waals surface area contributed by atoms with Gasteiger partial charge in [-0.1, -0.05) is 11.6 Å². The minimum Gasteiger partial charge on any atom is -0.398 e. The van der Waals surface area contributed by atoms with Gasteiger partial charge in [-0.15, -0.1) is 0 Å². The highest BCUT2D eigenvalue weighted by Gasteiger charge is 2.18. The highest BCUT2D eigenvalue weighted by molar-refractivity contribution is 7.89. The van der Waals surface area contributed by atoms with Gasteiger partial charge < -0.3 is 5.73 Å². The van der Waals surface area contributed by atoms with Gasteiger partial charge in [0, 0.05) is 28.9 Å². The van der Waals surface area contributed by atoms with Crippen molar-refractivity contribution in [3.05, 3.63) is 23.2 Å². The Hall–Kier alpha value is -0.630. The average molecular weight is 325 g/mol. The standard InChI is InChI=1S/C11H17ClN2O3S2/c1-8(5-6-18(2)15)14-19(16,17)9-3-4-11(13)10(12)7-9/h3-4,7-8,14H,5-6,13H2,1-2H3. The van der Waals surface area contributed by atoms with Crippen LogP contribution < -0.4 is 10.5 Å². The summed E-state index contributed by atoms with van der Waals surface area (Å²) < 4.78 is 37.6. The van der Waals surface area contributed by atoms with Crippen LogP contribution in [0.3, 0.4) is 0 Å². The van der Waals surface area contributed by atoms with Crippen LogP contribution in [0.25, 0.3) is 0 Å². The van der Waals surface area contributed by atoms with Crippen molar-refractivity contribution in [3.8, 4) is 0 Å². The second-order valence-corrected chi connectivity index (χ2v) is 7.95. The molecule has 1 aromatic rings. The van der Waals surface area contributed by atoms with Crippen molar-refractivity contribution in [1.82, 2.24) is 4.72 Å². The number of halogens is 1. The molecule has 0 amide bonds. The van der Waals surface area contributed by atoms with E-state index in [9.17, 15) is 12.6 Å². The quantitative estimate of drug-likeness (QED) is 0.773. The van der Waals surface area contributed by atoms with Crippen molar-refractivity contribution in [2.24, 2.45) is 0 Å². The summed E-state index contributed by atoms with van der Waals surface area (Å²) >= 11 is 5.80. The van der Waals surface area contributed by atoms with E-state index in [0.717, 1.165) is 0 Å². The topological polar surface area (TPSA) is 89.3 Å². The van der Waals surface area contributed by atoms with Gasteiger partial charge in [-0.3, -0.25) is 4.21 Å². The molecule has 0 spiro atoms. The molecule has 3 N–H and O–H groups in total. The second kappa shape index (κ2) is 6.69. The van der Waals surface area contributed by atoms with Crippen LogP contribution in [0.2, 0.25) is 5.02 Å². The van der Waals surface area contributed by atoms with Crippen LogP contribution in [-0.4, -0.2) is 30.7 Å². The van der Waals surface area contributed by atoms with Crippen LogP contribution in [0.4, 0.5) is 5.69 Å². The number of rotatable bonds is 6. The molecule has 0 heterocycles. The Balaban J connectivity index is 2.80. The fourth-order valence-corrected chi connectivity index (χ4v) is 3.64. The predicted molar refractivity (Wildman–Crippen MR) is 79.2 cm³/mol. The fraction of sp³-hybridized carbons (Fsp3) is 0.455. The second-order valence-electron chi connectivity index (χ2n) is 4.27. The third kappa shape index (κ3) is 5.10. The average Bonchev–Trinajstić information content (AvgIpc) is 2.29. The predicted octanol–water partition coefficient (Wildman–Crippen LogP) is 1.36. The molecule has 1 aromatic carbocycles. The first kappa shape index (κ1) is 16.4. The van der Waals surface area contributed by atoms with E-state index in [1.807, 2.05) is 0 Å². The minimum atomic E-state index is -3.64.